The van der Waals surface area contributed by atoms with Gasteiger partial charge in [0.25, 0.3) is 5.56 Å². The van der Waals surface area contributed by atoms with E-state index >= 15 is 0 Å². The molecule has 14 heavy (non-hydrogen) atoms. The Hall–Kier alpha value is -0.390. The number of nitrogens with one attached hydrogen (secondary N) is 1. The zero-order valence-corrected chi connectivity index (χ0v) is 10.1. The zero-order valence-electron chi connectivity index (χ0n) is 7.92. The highest BCUT2D eigenvalue weighted by molar-refractivity contribution is 14.1. The maximum absolute atomic E-state index is 11.4. The highest BCUT2D eigenvalue weighted by Gasteiger charge is 2.17. The Balaban J connectivity index is 2.23. The number of aromatic nitrogens is 2. The molecule has 2 rings (SSSR count). The minimum absolute atomic E-state index is 0.00109. The molecular formula is C10H13IN2O. The Labute approximate surface area is 96.5 Å². The van der Waals surface area contributed by atoms with Crippen molar-refractivity contribution in [3.63, 3.8) is 0 Å². The van der Waals surface area contributed by atoms with E-state index in [1.165, 1.54) is 32.1 Å². The van der Waals surface area contributed by atoms with E-state index in [1.807, 2.05) is 22.6 Å². The van der Waals surface area contributed by atoms with Gasteiger partial charge in [-0.2, -0.15) is 0 Å². The first kappa shape index (κ1) is 10.1. The Morgan fingerprint density at radius 2 is 2.07 bits per heavy atom. The third kappa shape index (κ3) is 2.16. The van der Waals surface area contributed by atoms with Gasteiger partial charge in [0.1, 0.15) is 5.82 Å². The van der Waals surface area contributed by atoms with Crippen LogP contribution in [0.3, 0.4) is 0 Å². The molecule has 0 radical (unpaired) electrons. The van der Waals surface area contributed by atoms with Gasteiger partial charge in [-0.1, -0.05) is 19.3 Å². The van der Waals surface area contributed by atoms with Gasteiger partial charge in [-0.3, -0.25) is 4.79 Å². The van der Waals surface area contributed by atoms with Crippen molar-refractivity contribution >= 4 is 22.6 Å². The fourth-order valence-electron chi connectivity index (χ4n) is 1.98. The topological polar surface area (TPSA) is 45.8 Å². The molecule has 1 saturated carbocycles. The maximum atomic E-state index is 11.4. The van der Waals surface area contributed by atoms with Crippen LogP contribution >= 0.6 is 22.6 Å². The number of nitrogens with zero attached hydrogens (tertiary/aromatic N) is 1. The molecule has 1 aliphatic rings. The second kappa shape index (κ2) is 4.42. The lowest BCUT2D eigenvalue weighted by atomic mass is 9.89. The Morgan fingerprint density at radius 3 is 2.71 bits per heavy atom. The molecule has 1 N–H and O–H groups in total. The number of aromatic amines is 1. The van der Waals surface area contributed by atoms with Gasteiger partial charge < -0.3 is 4.98 Å². The van der Waals surface area contributed by atoms with E-state index in [9.17, 15) is 4.79 Å². The van der Waals surface area contributed by atoms with Crippen molar-refractivity contribution in [1.82, 2.24) is 9.97 Å². The SMILES string of the molecule is O=c1[nH]c(C2CCCCC2)ncc1I. The van der Waals surface area contributed by atoms with Crippen LogP contribution in [0.15, 0.2) is 11.0 Å². The van der Waals surface area contributed by atoms with Crippen molar-refractivity contribution in [3.05, 3.63) is 25.9 Å². The van der Waals surface area contributed by atoms with Crippen molar-refractivity contribution in [2.45, 2.75) is 38.0 Å². The van der Waals surface area contributed by atoms with Crippen LogP contribution in [-0.2, 0) is 0 Å². The third-order valence-corrected chi connectivity index (χ3v) is 3.54. The van der Waals surface area contributed by atoms with Crippen LogP contribution in [0.25, 0.3) is 0 Å². The molecule has 0 amide bonds. The van der Waals surface area contributed by atoms with Gasteiger partial charge in [-0.15, -0.1) is 0 Å². The minimum Gasteiger partial charge on any atom is -0.309 e. The molecule has 4 heteroatoms. The maximum Gasteiger partial charge on any atom is 0.264 e. The summed E-state index contributed by atoms with van der Waals surface area (Å²) >= 11 is 2.01. The average molecular weight is 304 g/mol. The fraction of sp³-hybridized carbons (Fsp3) is 0.600. The van der Waals surface area contributed by atoms with Gasteiger partial charge in [-0.05, 0) is 35.4 Å². The number of halogens is 1. The molecule has 3 nitrogen and oxygen atoms in total. The summed E-state index contributed by atoms with van der Waals surface area (Å²) in [5, 5.41) is 0. The first-order valence-corrected chi connectivity index (χ1v) is 6.10. The van der Waals surface area contributed by atoms with Crippen LogP contribution in [0, 0.1) is 3.57 Å². The lowest BCUT2D eigenvalue weighted by molar-refractivity contribution is 0.427. The first-order chi connectivity index (χ1) is 6.77. The van der Waals surface area contributed by atoms with Crippen molar-refractivity contribution in [3.8, 4) is 0 Å². The molecule has 1 aromatic heterocycles. The van der Waals surface area contributed by atoms with Gasteiger partial charge in [0.05, 0.1) is 3.57 Å². The third-order valence-electron chi connectivity index (χ3n) is 2.77. The molecule has 76 valence electrons. The summed E-state index contributed by atoms with van der Waals surface area (Å²) in [6, 6.07) is 0. The molecule has 1 fully saturated rings. The smallest absolute Gasteiger partial charge is 0.264 e. The highest BCUT2D eigenvalue weighted by atomic mass is 127. The molecule has 1 aromatic rings. The largest absolute Gasteiger partial charge is 0.309 e. The summed E-state index contributed by atoms with van der Waals surface area (Å²) in [4.78, 5) is 18.6. The number of rotatable bonds is 1. The monoisotopic (exact) mass is 304 g/mol. The van der Waals surface area contributed by atoms with E-state index in [0.29, 0.717) is 9.49 Å². The number of hydrogen-bond donors (Lipinski definition) is 1. The first-order valence-electron chi connectivity index (χ1n) is 5.02. The Morgan fingerprint density at radius 1 is 1.36 bits per heavy atom. The molecule has 0 spiro atoms. The zero-order chi connectivity index (χ0) is 9.97. The van der Waals surface area contributed by atoms with E-state index in [1.54, 1.807) is 6.20 Å². The number of H-pyrrole nitrogens is 1. The normalized spacial score (nSPS) is 18.4. The molecule has 1 aliphatic carbocycles. The van der Waals surface area contributed by atoms with E-state index in [-0.39, 0.29) is 5.56 Å². The molecule has 0 atom stereocenters. The van der Waals surface area contributed by atoms with Crippen LogP contribution in [-0.4, -0.2) is 9.97 Å². The van der Waals surface area contributed by atoms with Crippen molar-refractivity contribution in [2.75, 3.05) is 0 Å². The summed E-state index contributed by atoms with van der Waals surface area (Å²) in [5.74, 6) is 1.36. The lowest BCUT2D eigenvalue weighted by Crippen LogP contribution is -2.17. The molecule has 0 saturated heterocycles. The Kier molecular flexibility index (Phi) is 3.20. The minimum atomic E-state index is 0.00109. The van der Waals surface area contributed by atoms with E-state index in [2.05, 4.69) is 9.97 Å². The van der Waals surface area contributed by atoms with Gasteiger partial charge in [-0.25, -0.2) is 4.98 Å². The molecule has 0 aromatic carbocycles. The fourth-order valence-corrected chi connectivity index (χ4v) is 2.25. The standard InChI is InChI=1S/C10H13IN2O/c11-8-6-12-9(13-10(8)14)7-4-2-1-3-5-7/h6-7H,1-5H2,(H,12,13,14). The van der Waals surface area contributed by atoms with Gasteiger partial charge in [0.2, 0.25) is 0 Å². The van der Waals surface area contributed by atoms with Crippen LogP contribution in [0.1, 0.15) is 43.8 Å². The molecule has 1 heterocycles. The molecular weight excluding hydrogens is 291 g/mol. The van der Waals surface area contributed by atoms with Crippen molar-refractivity contribution in [1.29, 1.82) is 0 Å². The Bertz CT molecular complexity index is 369. The summed E-state index contributed by atoms with van der Waals surface area (Å²) < 4.78 is 0.669. The van der Waals surface area contributed by atoms with Gasteiger partial charge >= 0.3 is 0 Å². The quantitative estimate of drug-likeness (QED) is 0.810. The van der Waals surface area contributed by atoms with Crippen LogP contribution in [0.4, 0.5) is 0 Å². The van der Waals surface area contributed by atoms with Gasteiger partial charge in [0.15, 0.2) is 0 Å². The van der Waals surface area contributed by atoms with E-state index in [4.69, 9.17) is 0 Å². The number of hydrogen-bond acceptors (Lipinski definition) is 2. The molecule has 0 bridgehead atoms. The van der Waals surface area contributed by atoms with Crippen LogP contribution in [0.5, 0.6) is 0 Å². The van der Waals surface area contributed by atoms with Crippen molar-refractivity contribution in [2.24, 2.45) is 0 Å². The summed E-state index contributed by atoms with van der Waals surface area (Å²) in [7, 11) is 0. The average Bonchev–Trinajstić information content (AvgIpc) is 2.23. The second-order valence-corrected chi connectivity index (χ2v) is 4.94. The lowest BCUT2D eigenvalue weighted by Gasteiger charge is -2.20. The summed E-state index contributed by atoms with van der Waals surface area (Å²) in [5.41, 5.74) is 0.00109. The predicted octanol–water partition coefficient (Wildman–Crippen LogP) is 2.42. The molecule has 0 unspecified atom stereocenters. The van der Waals surface area contributed by atoms with Gasteiger partial charge in [0, 0.05) is 12.1 Å². The predicted molar refractivity (Wildman–Crippen MR) is 63.4 cm³/mol. The van der Waals surface area contributed by atoms with Crippen LogP contribution in [0.2, 0.25) is 0 Å². The van der Waals surface area contributed by atoms with Crippen LogP contribution < -0.4 is 5.56 Å². The van der Waals surface area contributed by atoms with Crippen molar-refractivity contribution < 1.29 is 0 Å². The second-order valence-electron chi connectivity index (χ2n) is 3.78. The van der Waals surface area contributed by atoms with E-state index in [0.717, 1.165) is 5.82 Å². The van der Waals surface area contributed by atoms with E-state index < -0.39 is 0 Å². The summed E-state index contributed by atoms with van der Waals surface area (Å²) in [6.07, 6.45) is 7.86. The highest BCUT2D eigenvalue weighted by Crippen LogP contribution is 2.29. The molecule has 0 aliphatic heterocycles. The summed E-state index contributed by atoms with van der Waals surface area (Å²) in [6.45, 7) is 0.